The van der Waals surface area contributed by atoms with Gasteiger partial charge in [-0.15, -0.1) is 24.8 Å². The fourth-order valence-electron chi connectivity index (χ4n) is 6.55. The Morgan fingerprint density at radius 3 is 0.759 bits per heavy atom. The fourth-order valence-corrected chi connectivity index (χ4v) is 31.2. The molecular formula is C43H42Cl2O3P5Zr. The van der Waals surface area contributed by atoms with Gasteiger partial charge < -0.3 is 13.7 Å². The van der Waals surface area contributed by atoms with E-state index in [-0.39, 0.29) is 24.8 Å². The molecule has 6 aromatic carbocycles. The topological polar surface area (TPSA) is 51.2 Å². The fraction of sp³-hybridized carbons (Fsp3) is 0.0930. The first-order valence-electron chi connectivity index (χ1n) is 17.0. The molecule has 0 saturated carbocycles. The third-order valence-electron chi connectivity index (χ3n) is 9.47. The van der Waals surface area contributed by atoms with E-state index in [2.05, 4.69) is 20.8 Å². The van der Waals surface area contributed by atoms with Crippen molar-refractivity contribution in [1.29, 1.82) is 0 Å². The number of halogens is 2. The number of rotatable bonds is 9. The average molecular weight is 924 g/mol. The second-order valence-electron chi connectivity index (χ2n) is 12.5. The Morgan fingerprint density at radius 1 is 0.426 bits per heavy atom. The molecule has 11 heteroatoms. The summed E-state index contributed by atoms with van der Waals surface area (Å²) in [4.78, 5) is 0. The summed E-state index contributed by atoms with van der Waals surface area (Å²) in [6.07, 6.45) is 0. The Bertz CT molecular complexity index is 2000. The number of hydrogen-bond donors (Lipinski definition) is 0. The van der Waals surface area contributed by atoms with Gasteiger partial charge in [0.15, 0.2) is 21.4 Å². The van der Waals surface area contributed by atoms with E-state index in [0.717, 1.165) is 0 Å². The molecule has 1 unspecified atom stereocenters. The first-order chi connectivity index (χ1) is 25.1. The number of aryl methyl sites for hydroxylation is 1. The maximum Gasteiger partial charge on any atom is 0.161 e. The van der Waals surface area contributed by atoms with E-state index < -0.39 is 26.6 Å². The second kappa shape index (κ2) is 19.7. The molecule has 0 N–H and O–H groups in total. The Hall–Kier alpha value is -2.32. The van der Waals surface area contributed by atoms with Crippen molar-refractivity contribution in [3.63, 3.8) is 0 Å². The molecule has 0 spiro atoms. The molecule has 0 bridgehead atoms. The Kier molecular flexibility index (Phi) is 16.2. The molecule has 1 heterocycles. The smallest absolute Gasteiger partial charge is 0.161 e. The molecule has 0 aliphatic heterocycles. The standard InChI is InChI=1S/C37H31O3P3.C6H9P2.2ClH.Zr/c38-41(31-19-7-1-8-20-31,32-21-9-2-10-22-32)37(42(39,33-23-11-3-12-24-33)34-25-13-4-14-26-34)43(40,35-27-15-5-16-28-35)36-29-17-6-18-30-36;1-4-5(2)7-8-6(4)3;;;/h1-30,37H;1-3H3;2*1H;/q;-1;;;+1. The van der Waals surface area contributed by atoms with Crippen LogP contribution in [0.3, 0.4) is 0 Å². The first-order valence-corrected chi connectivity index (χ1v) is 28.6. The van der Waals surface area contributed by atoms with Crippen LogP contribution in [0, 0.1) is 20.8 Å². The van der Waals surface area contributed by atoms with Gasteiger partial charge in [0.2, 0.25) is 0 Å². The third-order valence-corrected chi connectivity index (χ3v) is 32.6. The number of hydrogen-bond acceptors (Lipinski definition) is 3. The monoisotopic (exact) mass is 921 g/mol. The average Bonchev–Trinajstić information content (AvgIpc) is 3.44. The summed E-state index contributed by atoms with van der Waals surface area (Å²) in [6.45, 7) is 6.80. The van der Waals surface area contributed by atoms with E-state index in [1.165, 1.54) is 0 Å². The molecule has 1 aromatic heterocycles. The van der Waals surface area contributed by atoms with Crippen LogP contribution in [0.4, 0.5) is 0 Å². The van der Waals surface area contributed by atoms with Gasteiger partial charge in [-0.05, 0) is 0 Å². The quantitative estimate of drug-likeness (QED) is 0.136. The molecule has 0 amide bonds. The molecule has 0 aliphatic rings. The van der Waals surface area contributed by atoms with Gasteiger partial charge >= 0.3 is 73.4 Å². The maximum atomic E-state index is 16.6. The Labute approximate surface area is 349 Å². The summed E-state index contributed by atoms with van der Waals surface area (Å²) >= 11 is 1.73. The second-order valence-corrected chi connectivity index (χ2v) is 32.4. The Morgan fingerprint density at radius 2 is 0.630 bits per heavy atom. The molecular weight excluding hydrogens is 881 g/mol. The van der Waals surface area contributed by atoms with Gasteiger partial charge in [0.1, 0.15) is 5.14 Å². The minimum absolute atomic E-state index is 0. The minimum atomic E-state index is -3.97. The molecule has 0 fully saturated rings. The van der Waals surface area contributed by atoms with Crippen molar-refractivity contribution in [3.05, 3.63) is 198 Å². The molecule has 0 saturated heterocycles. The molecule has 0 aliphatic carbocycles. The third kappa shape index (κ3) is 8.80. The van der Waals surface area contributed by atoms with Crippen LogP contribution < -0.4 is 31.8 Å². The van der Waals surface area contributed by atoms with E-state index in [1.54, 1.807) is 48.2 Å². The van der Waals surface area contributed by atoms with Gasteiger partial charge in [-0.3, -0.25) is 0 Å². The predicted molar refractivity (Wildman–Crippen MR) is 239 cm³/mol. The van der Waals surface area contributed by atoms with Crippen LogP contribution in [0.1, 0.15) is 16.2 Å². The van der Waals surface area contributed by atoms with E-state index in [4.69, 9.17) is 0 Å². The Balaban J connectivity index is 0.000000520. The van der Waals surface area contributed by atoms with Crippen LogP contribution in [-0.2, 0) is 37.8 Å². The zero-order valence-electron chi connectivity index (χ0n) is 30.2. The van der Waals surface area contributed by atoms with Crippen LogP contribution in [0.25, 0.3) is 0 Å². The van der Waals surface area contributed by atoms with Gasteiger partial charge in [-0.2, -0.15) is 0 Å². The SMILES string of the molecule is Cc1p[p]([Zr])c(C)c1C.Cl.Cl.O=P(c1ccccc1)(c1ccccc1)C(P(=O)(c1ccccc1)c1ccccc1)P(=O)(c1ccccc1)c1ccccc1. The van der Waals surface area contributed by atoms with Crippen LogP contribution in [0.15, 0.2) is 182 Å². The van der Waals surface area contributed by atoms with Crippen molar-refractivity contribution in [2.24, 2.45) is 0 Å². The molecule has 0 radical (unpaired) electrons. The van der Waals surface area contributed by atoms with E-state index in [0.29, 0.717) is 36.3 Å². The summed E-state index contributed by atoms with van der Waals surface area (Å²) in [5.74, 6) is 0. The van der Waals surface area contributed by atoms with Crippen molar-refractivity contribution in [3.8, 4) is 0 Å². The summed E-state index contributed by atoms with van der Waals surface area (Å²) < 4.78 is 50.0. The van der Waals surface area contributed by atoms with Gasteiger partial charge in [-0.25, -0.2) is 0 Å². The molecule has 3 nitrogen and oxygen atoms in total. The predicted octanol–water partition coefficient (Wildman–Crippen LogP) is 11.6. The summed E-state index contributed by atoms with van der Waals surface area (Å²) in [5.41, 5.74) is 1.58. The van der Waals surface area contributed by atoms with Crippen LogP contribution in [0.2, 0.25) is 0 Å². The van der Waals surface area contributed by atoms with Crippen molar-refractivity contribution < 1.29 is 37.8 Å². The molecule has 1 atom stereocenters. The van der Waals surface area contributed by atoms with Crippen molar-refractivity contribution in [2.75, 3.05) is 0 Å². The summed E-state index contributed by atoms with van der Waals surface area (Å²) in [6, 6.07) is 55.2. The molecule has 7 aromatic rings. The first kappa shape index (κ1) is 44.4. The number of benzene rings is 6. The molecule has 275 valence electrons. The van der Waals surface area contributed by atoms with E-state index in [1.807, 2.05) is 182 Å². The zero-order chi connectivity index (χ0) is 36.8. The van der Waals surface area contributed by atoms with E-state index >= 15 is 13.7 Å². The minimum Gasteiger partial charge on any atom is -0.312 e. The van der Waals surface area contributed by atoms with Gasteiger partial charge in [0.25, 0.3) is 0 Å². The molecule has 54 heavy (non-hydrogen) atoms. The van der Waals surface area contributed by atoms with Gasteiger partial charge in [0, 0.05) is 31.8 Å². The maximum absolute atomic E-state index is 16.6. The largest absolute Gasteiger partial charge is 0.312 e. The van der Waals surface area contributed by atoms with Crippen molar-refractivity contribution in [1.82, 2.24) is 0 Å². The van der Waals surface area contributed by atoms with Gasteiger partial charge in [0.05, 0.1) is 0 Å². The van der Waals surface area contributed by atoms with Crippen molar-refractivity contribution in [2.45, 2.75) is 25.9 Å². The van der Waals surface area contributed by atoms with Crippen LogP contribution in [-0.4, -0.2) is 5.14 Å². The van der Waals surface area contributed by atoms with Crippen LogP contribution >= 0.6 is 58.6 Å². The normalized spacial score (nSPS) is 11.9. The van der Waals surface area contributed by atoms with Crippen molar-refractivity contribution >= 4 is 90.4 Å². The molecule has 7 rings (SSSR count). The van der Waals surface area contributed by atoms with Gasteiger partial charge in [-0.1, -0.05) is 182 Å². The zero-order valence-corrected chi connectivity index (χ0v) is 38.7. The van der Waals surface area contributed by atoms with E-state index in [9.17, 15) is 0 Å². The summed E-state index contributed by atoms with van der Waals surface area (Å²) in [5, 5.41) is 5.09. The van der Waals surface area contributed by atoms with Crippen LogP contribution in [0.5, 0.6) is 0 Å². The summed E-state index contributed by atoms with van der Waals surface area (Å²) in [7, 11) is -10.3.